The summed E-state index contributed by atoms with van der Waals surface area (Å²) in [5.41, 5.74) is 0.939. The maximum absolute atomic E-state index is 12.9. The van der Waals surface area contributed by atoms with Crippen LogP contribution in [0, 0.1) is 5.82 Å². The first kappa shape index (κ1) is 8.88. The summed E-state index contributed by atoms with van der Waals surface area (Å²) in [6, 6.07) is 4.94. The second-order valence-corrected chi connectivity index (χ2v) is 4.76. The van der Waals surface area contributed by atoms with E-state index in [1.54, 1.807) is 6.07 Å². The standard InChI is InChI=1S/C10H12FNS/c1-7-4-5-12-9-6-8(11)2-3-10(9)13-7/h2-3,6-7,12H,4-5H2,1H3. The van der Waals surface area contributed by atoms with E-state index in [0.717, 1.165) is 23.5 Å². The van der Waals surface area contributed by atoms with E-state index in [1.807, 2.05) is 17.8 Å². The molecule has 1 unspecified atom stereocenters. The maximum atomic E-state index is 12.9. The summed E-state index contributed by atoms with van der Waals surface area (Å²) in [6.07, 6.45) is 1.13. The highest BCUT2D eigenvalue weighted by atomic mass is 32.2. The first-order chi connectivity index (χ1) is 6.25. The molecule has 1 aliphatic rings. The molecule has 1 aliphatic heterocycles. The summed E-state index contributed by atoms with van der Waals surface area (Å²) >= 11 is 1.81. The number of thioether (sulfide) groups is 1. The summed E-state index contributed by atoms with van der Waals surface area (Å²) in [4.78, 5) is 1.16. The topological polar surface area (TPSA) is 12.0 Å². The normalized spacial score (nSPS) is 21.5. The van der Waals surface area contributed by atoms with Crippen LogP contribution in [0.5, 0.6) is 0 Å². The largest absolute Gasteiger partial charge is 0.384 e. The summed E-state index contributed by atoms with van der Waals surface area (Å²) in [5.74, 6) is -0.165. The summed E-state index contributed by atoms with van der Waals surface area (Å²) in [6.45, 7) is 3.13. The van der Waals surface area contributed by atoms with Crippen molar-refractivity contribution in [3.05, 3.63) is 24.0 Å². The Kier molecular flexibility index (Phi) is 2.44. The van der Waals surface area contributed by atoms with Crippen LogP contribution in [-0.2, 0) is 0 Å². The average molecular weight is 197 g/mol. The van der Waals surface area contributed by atoms with Gasteiger partial charge in [0.1, 0.15) is 5.82 Å². The van der Waals surface area contributed by atoms with Crippen LogP contribution in [0.25, 0.3) is 0 Å². The Bertz CT molecular complexity index is 314. The van der Waals surface area contributed by atoms with Gasteiger partial charge in [0.2, 0.25) is 0 Å². The Hall–Kier alpha value is -0.700. The van der Waals surface area contributed by atoms with Gasteiger partial charge in [-0.3, -0.25) is 0 Å². The fourth-order valence-electron chi connectivity index (χ4n) is 1.43. The van der Waals surface area contributed by atoms with Gasteiger partial charge < -0.3 is 5.32 Å². The number of anilines is 1. The second-order valence-electron chi connectivity index (χ2n) is 3.28. The monoisotopic (exact) mass is 197 g/mol. The van der Waals surface area contributed by atoms with Gasteiger partial charge in [0.05, 0.1) is 5.69 Å². The van der Waals surface area contributed by atoms with Gasteiger partial charge in [-0.15, -0.1) is 11.8 Å². The molecule has 0 fully saturated rings. The lowest BCUT2D eigenvalue weighted by molar-refractivity contribution is 0.627. The second kappa shape index (κ2) is 3.58. The zero-order valence-corrected chi connectivity index (χ0v) is 8.33. The quantitative estimate of drug-likeness (QED) is 0.685. The predicted octanol–water partition coefficient (Wildman–Crippen LogP) is 3.12. The van der Waals surface area contributed by atoms with Gasteiger partial charge in [-0.05, 0) is 24.6 Å². The van der Waals surface area contributed by atoms with Crippen LogP contribution in [0.15, 0.2) is 23.1 Å². The van der Waals surface area contributed by atoms with E-state index in [4.69, 9.17) is 0 Å². The molecule has 1 heterocycles. The van der Waals surface area contributed by atoms with Gasteiger partial charge in [-0.1, -0.05) is 6.92 Å². The molecule has 0 saturated heterocycles. The number of fused-ring (bicyclic) bond motifs is 1. The zero-order valence-electron chi connectivity index (χ0n) is 7.51. The molecule has 1 nitrogen and oxygen atoms in total. The smallest absolute Gasteiger partial charge is 0.125 e. The number of hydrogen-bond acceptors (Lipinski definition) is 2. The van der Waals surface area contributed by atoms with E-state index in [-0.39, 0.29) is 5.82 Å². The molecule has 0 aromatic heterocycles. The number of hydrogen-bond donors (Lipinski definition) is 1. The fraction of sp³-hybridized carbons (Fsp3) is 0.400. The molecule has 1 aromatic rings. The van der Waals surface area contributed by atoms with Crippen LogP contribution in [0.2, 0.25) is 0 Å². The molecule has 1 N–H and O–H groups in total. The van der Waals surface area contributed by atoms with E-state index in [9.17, 15) is 4.39 Å². The highest BCUT2D eigenvalue weighted by molar-refractivity contribution is 8.00. The third kappa shape index (κ3) is 1.97. The molecular formula is C10H12FNS. The molecule has 0 spiro atoms. The van der Waals surface area contributed by atoms with E-state index >= 15 is 0 Å². The van der Waals surface area contributed by atoms with Gasteiger partial charge in [0.25, 0.3) is 0 Å². The molecular weight excluding hydrogens is 185 g/mol. The Labute approximate surface area is 81.7 Å². The minimum Gasteiger partial charge on any atom is -0.384 e. The molecule has 1 atom stereocenters. The number of nitrogens with one attached hydrogen (secondary N) is 1. The third-order valence-corrected chi connectivity index (χ3v) is 3.38. The van der Waals surface area contributed by atoms with E-state index in [0.29, 0.717) is 5.25 Å². The molecule has 2 rings (SSSR count). The minimum atomic E-state index is -0.165. The van der Waals surface area contributed by atoms with Gasteiger partial charge in [-0.25, -0.2) is 4.39 Å². The van der Waals surface area contributed by atoms with Crippen molar-refractivity contribution in [2.75, 3.05) is 11.9 Å². The van der Waals surface area contributed by atoms with Crippen molar-refractivity contribution >= 4 is 17.4 Å². The Morgan fingerprint density at radius 1 is 1.54 bits per heavy atom. The van der Waals surface area contributed by atoms with E-state index in [2.05, 4.69) is 12.2 Å². The fourth-order valence-corrected chi connectivity index (χ4v) is 2.50. The number of rotatable bonds is 0. The maximum Gasteiger partial charge on any atom is 0.125 e. The molecule has 0 bridgehead atoms. The zero-order chi connectivity index (χ0) is 9.26. The summed E-state index contributed by atoms with van der Waals surface area (Å²) in [7, 11) is 0. The predicted molar refractivity (Wildman–Crippen MR) is 54.8 cm³/mol. The molecule has 0 aliphatic carbocycles. The van der Waals surface area contributed by atoms with Gasteiger partial charge in [0.15, 0.2) is 0 Å². The van der Waals surface area contributed by atoms with Crippen molar-refractivity contribution in [1.82, 2.24) is 0 Å². The lowest BCUT2D eigenvalue weighted by atomic mass is 10.3. The molecule has 70 valence electrons. The van der Waals surface area contributed by atoms with Crippen LogP contribution in [0.3, 0.4) is 0 Å². The van der Waals surface area contributed by atoms with E-state index < -0.39 is 0 Å². The van der Waals surface area contributed by atoms with E-state index in [1.165, 1.54) is 6.07 Å². The summed E-state index contributed by atoms with van der Waals surface area (Å²) < 4.78 is 12.9. The van der Waals surface area contributed by atoms with Crippen molar-refractivity contribution in [1.29, 1.82) is 0 Å². The van der Waals surface area contributed by atoms with Crippen LogP contribution in [-0.4, -0.2) is 11.8 Å². The molecule has 13 heavy (non-hydrogen) atoms. The van der Waals surface area contributed by atoms with Crippen molar-refractivity contribution < 1.29 is 4.39 Å². The minimum absolute atomic E-state index is 0.165. The van der Waals surface area contributed by atoms with Gasteiger partial charge in [0, 0.05) is 16.7 Å². The van der Waals surface area contributed by atoms with Crippen molar-refractivity contribution in [3.63, 3.8) is 0 Å². The van der Waals surface area contributed by atoms with Gasteiger partial charge in [-0.2, -0.15) is 0 Å². The molecule has 0 saturated carbocycles. The van der Waals surface area contributed by atoms with Crippen molar-refractivity contribution in [2.24, 2.45) is 0 Å². The average Bonchev–Trinajstić information content (AvgIpc) is 2.25. The Balaban J connectivity index is 2.34. The first-order valence-electron chi connectivity index (χ1n) is 4.46. The highest BCUT2D eigenvalue weighted by Crippen LogP contribution is 2.34. The third-order valence-electron chi connectivity index (χ3n) is 2.14. The lowest BCUT2D eigenvalue weighted by Gasteiger charge is -2.06. The van der Waals surface area contributed by atoms with Crippen LogP contribution in [0.4, 0.5) is 10.1 Å². The Morgan fingerprint density at radius 3 is 3.23 bits per heavy atom. The molecule has 3 heteroatoms. The molecule has 1 aromatic carbocycles. The number of halogens is 1. The lowest BCUT2D eigenvalue weighted by Crippen LogP contribution is -2.03. The van der Waals surface area contributed by atoms with Gasteiger partial charge >= 0.3 is 0 Å². The van der Waals surface area contributed by atoms with Crippen LogP contribution >= 0.6 is 11.8 Å². The molecule has 0 amide bonds. The first-order valence-corrected chi connectivity index (χ1v) is 5.34. The summed E-state index contributed by atoms with van der Waals surface area (Å²) in [5, 5.41) is 3.85. The van der Waals surface area contributed by atoms with Crippen LogP contribution in [0.1, 0.15) is 13.3 Å². The Morgan fingerprint density at radius 2 is 2.38 bits per heavy atom. The highest BCUT2D eigenvalue weighted by Gasteiger charge is 2.13. The molecule has 0 radical (unpaired) electrons. The number of benzene rings is 1. The van der Waals surface area contributed by atoms with Crippen molar-refractivity contribution in [3.8, 4) is 0 Å². The van der Waals surface area contributed by atoms with Crippen LogP contribution < -0.4 is 5.32 Å². The van der Waals surface area contributed by atoms with Crippen molar-refractivity contribution in [2.45, 2.75) is 23.5 Å². The SMILES string of the molecule is CC1CCNc2cc(F)ccc2S1.